The first-order valence-electron chi connectivity index (χ1n) is 9.09. The van der Waals surface area contributed by atoms with Gasteiger partial charge in [0.05, 0.1) is 0 Å². The number of carbonyl (C=O) groups is 1. The van der Waals surface area contributed by atoms with Gasteiger partial charge in [-0.2, -0.15) is 0 Å². The van der Waals surface area contributed by atoms with E-state index in [9.17, 15) is 4.79 Å². The lowest BCUT2D eigenvalue weighted by Gasteiger charge is -2.31. The Balaban J connectivity index is 2.71. The van der Waals surface area contributed by atoms with Crippen molar-refractivity contribution in [1.29, 1.82) is 0 Å². The fourth-order valence-electron chi connectivity index (χ4n) is 2.41. The summed E-state index contributed by atoms with van der Waals surface area (Å²) in [5.41, 5.74) is 0.228. The third-order valence-corrected chi connectivity index (χ3v) is 4.22. The zero-order valence-corrected chi connectivity index (χ0v) is 17.8. The second kappa shape index (κ2) is 7.00. The Morgan fingerprint density at radius 2 is 1.60 bits per heavy atom. The van der Waals surface area contributed by atoms with Crippen molar-refractivity contribution in [2.75, 3.05) is 0 Å². The molecule has 0 radical (unpaired) electrons. The summed E-state index contributed by atoms with van der Waals surface area (Å²) < 4.78 is 5.62. The molecule has 5 heteroatoms. The van der Waals surface area contributed by atoms with Crippen LogP contribution in [0.25, 0.3) is 0 Å². The molecule has 0 unspecified atom stereocenters. The SMILES string of the molecule is CC(C)(C)NC(=O)OC(C)(C)CCC(C)(C)c1ncc(C(C)(C)C)[nH]1. The van der Waals surface area contributed by atoms with Crippen molar-refractivity contribution in [3.63, 3.8) is 0 Å². The van der Waals surface area contributed by atoms with Gasteiger partial charge in [-0.15, -0.1) is 0 Å². The highest BCUT2D eigenvalue weighted by molar-refractivity contribution is 5.68. The van der Waals surface area contributed by atoms with Crippen LogP contribution < -0.4 is 5.32 Å². The number of aromatic amines is 1. The number of hydrogen-bond acceptors (Lipinski definition) is 3. The van der Waals surface area contributed by atoms with Crippen LogP contribution in [-0.2, 0) is 15.6 Å². The number of nitrogens with zero attached hydrogens (tertiary/aromatic N) is 1. The lowest BCUT2D eigenvalue weighted by molar-refractivity contribution is 0.0236. The average Bonchev–Trinajstić information content (AvgIpc) is 2.83. The number of rotatable bonds is 5. The van der Waals surface area contributed by atoms with Gasteiger partial charge in [-0.3, -0.25) is 0 Å². The van der Waals surface area contributed by atoms with Gasteiger partial charge in [0.15, 0.2) is 0 Å². The molecule has 5 nitrogen and oxygen atoms in total. The topological polar surface area (TPSA) is 67.0 Å². The van der Waals surface area contributed by atoms with Crippen molar-refractivity contribution in [1.82, 2.24) is 15.3 Å². The second-order valence-corrected chi connectivity index (χ2v) is 10.3. The number of nitrogens with one attached hydrogen (secondary N) is 2. The molecule has 0 aliphatic rings. The molecule has 0 aliphatic heterocycles. The third-order valence-electron chi connectivity index (χ3n) is 4.22. The molecule has 1 amide bonds. The molecule has 1 aromatic rings. The Morgan fingerprint density at radius 1 is 1.04 bits per heavy atom. The number of aromatic nitrogens is 2. The van der Waals surface area contributed by atoms with Crippen molar-refractivity contribution in [3.8, 4) is 0 Å². The van der Waals surface area contributed by atoms with Crippen LogP contribution in [0, 0.1) is 0 Å². The molecule has 144 valence electrons. The molecule has 1 heterocycles. The van der Waals surface area contributed by atoms with Crippen LogP contribution in [0.15, 0.2) is 6.20 Å². The maximum atomic E-state index is 12.0. The molecule has 0 atom stereocenters. The van der Waals surface area contributed by atoms with Gasteiger partial charge < -0.3 is 15.0 Å². The first kappa shape index (κ1) is 21.5. The van der Waals surface area contributed by atoms with E-state index < -0.39 is 5.60 Å². The number of carbonyl (C=O) groups excluding carboxylic acids is 1. The van der Waals surface area contributed by atoms with Crippen LogP contribution in [0.4, 0.5) is 4.79 Å². The average molecular weight is 352 g/mol. The number of imidazole rings is 1. The zero-order chi connectivity index (χ0) is 19.7. The molecule has 0 aliphatic carbocycles. The number of hydrogen-bond donors (Lipinski definition) is 2. The number of alkyl carbamates (subject to hydrolysis) is 1. The summed E-state index contributed by atoms with van der Waals surface area (Å²) in [6, 6.07) is 0. The van der Waals surface area contributed by atoms with Crippen LogP contribution in [0.2, 0.25) is 0 Å². The van der Waals surface area contributed by atoms with E-state index in [1.54, 1.807) is 0 Å². The predicted octanol–water partition coefficient (Wildman–Crippen LogP) is 5.07. The monoisotopic (exact) mass is 351 g/mol. The molecule has 0 saturated carbocycles. The fourth-order valence-corrected chi connectivity index (χ4v) is 2.41. The lowest BCUT2D eigenvalue weighted by atomic mass is 9.83. The van der Waals surface area contributed by atoms with E-state index in [0.717, 1.165) is 24.4 Å². The van der Waals surface area contributed by atoms with E-state index in [0.29, 0.717) is 0 Å². The summed E-state index contributed by atoms with van der Waals surface area (Å²) >= 11 is 0. The molecule has 0 spiro atoms. The van der Waals surface area contributed by atoms with Gasteiger partial charge in [-0.05, 0) is 47.5 Å². The Morgan fingerprint density at radius 3 is 2.04 bits per heavy atom. The molecular weight excluding hydrogens is 314 g/mol. The fraction of sp³-hybridized carbons (Fsp3) is 0.800. The molecule has 0 saturated heterocycles. The van der Waals surface area contributed by atoms with Crippen molar-refractivity contribution < 1.29 is 9.53 Å². The highest BCUT2D eigenvalue weighted by Crippen LogP contribution is 2.32. The molecule has 1 aromatic heterocycles. The Kier molecular flexibility index (Phi) is 6.03. The molecule has 0 aromatic carbocycles. The smallest absolute Gasteiger partial charge is 0.408 e. The Hall–Kier alpha value is -1.52. The van der Waals surface area contributed by atoms with E-state index in [1.165, 1.54) is 0 Å². The van der Waals surface area contributed by atoms with Crippen LogP contribution in [0.5, 0.6) is 0 Å². The predicted molar refractivity (Wildman–Crippen MR) is 103 cm³/mol. The quantitative estimate of drug-likeness (QED) is 0.778. The highest BCUT2D eigenvalue weighted by Gasteiger charge is 2.31. The molecule has 2 N–H and O–H groups in total. The van der Waals surface area contributed by atoms with Crippen LogP contribution in [-0.4, -0.2) is 27.2 Å². The minimum atomic E-state index is -0.536. The highest BCUT2D eigenvalue weighted by atomic mass is 16.6. The minimum absolute atomic E-state index is 0.0504. The second-order valence-electron chi connectivity index (χ2n) is 10.3. The molecule has 0 fully saturated rings. The summed E-state index contributed by atoms with van der Waals surface area (Å²) in [7, 11) is 0. The van der Waals surface area contributed by atoms with Gasteiger partial charge >= 0.3 is 6.09 Å². The Bertz CT molecular complexity index is 587. The first-order chi connectivity index (χ1) is 11.0. The summed E-state index contributed by atoms with van der Waals surface area (Å²) in [6.45, 7) is 20.6. The van der Waals surface area contributed by atoms with Gasteiger partial charge in [0, 0.05) is 28.3 Å². The molecule has 25 heavy (non-hydrogen) atoms. The van der Waals surface area contributed by atoms with Crippen LogP contribution in [0.1, 0.15) is 93.6 Å². The summed E-state index contributed by atoms with van der Waals surface area (Å²) in [4.78, 5) is 20.1. The van der Waals surface area contributed by atoms with Crippen molar-refractivity contribution in [3.05, 3.63) is 17.7 Å². The third kappa shape index (κ3) is 7.09. The van der Waals surface area contributed by atoms with Crippen LogP contribution in [0.3, 0.4) is 0 Å². The molecule has 1 rings (SSSR count). The van der Waals surface area contributed by atoms with E-state index in [-0.39, 0.29) is 22.5 Å². The van der Waals surface area contributed by atoms with E-state index in [2.05, 4.69) is 49.9 Å². The van der Waals surface area contributed by atoms with Crippen molar-refractivity contribution in [2.45, 2.75) is 104 Å². The van der Waals surface area contributed by atoms with Gasteiger partial charge in [-0.1, -0.05) is 34.6 Å². The summed E-state index contributed by atoms with van der Waals surface area (Å²) in [5.74, 6) is 0.979. The van der Waals surface area contributed by atoms with Gasteiger partial charge in [0.1, 0.15) is 11.4 Å². The normalized spacial score (nSPS) is 13.7. The van der Waals surface area contributed by atoms with Gasteiger partial charge in [0.25, 0.3) is 0 Å². The van der Waals surface area contributed by atoms with Gasteiger partial charge in [-0.25, -0.2) is 9.78 Å². The maximum Gasteiger partial charge on any atom is 0.408 e. The van der Waals surface area contributed by atoms with E-state index in [1.807, 2.05) is 40.8 Å². The van der Waals surface area contributed by atoms with Crippen molar-refractivity contribution >= 4 is 6.09 Å². The van der Waals surface area contributed by atoms with Crippen molar-refractivity contribution in [2.24, 2.45) is 0 Å². The number of ether oxygens (including phenoxy) is 1. The van der Waals surface area contributed by atoms with E-state index in [4.69, 9.17) is 4.74 Å². The number of H-pyrrole nitrogens is 1. The Labute approximate surface area is 153 Å². The lowest BCUT2D eigenvalue weighted by Crippen LogP contribution is -2.44. The van der Waals surface area contributed by atoms with E-state index >= 15 is 0 Å². The molecule has 0 bridgehead atoms. The summed E-state index contributed by atoms with van der Waals surface area (Å²) in [6.07, 6.45) is 3.17. The first-order valence-corrected chi connectivity index (χ1v) is 9.09. The minimum Gasteiger partial charge on any atom is -0.444 e. The maximum absolute atomic E-state index is 12.0. The van der Waals surface area contributed by atoms with Gasteiger partial charge in [0.2, 0.25) is 0 Å². The zero-order valence-electron chi connectivity index (χ0n) is 17.8. The standard InChI is InChI=1S/C20H37N3O2/c1-17(2,3)14-13-21-15(22-14)19(7,8)11-12-20(9,10)25-16(24)23-18(4,5)6/h13H,11-12H2,1-10H3,(H,21,22)(H,23,24). The molecular formula is C20H37N3O2. The summed E-state index contributed by atoms with van der Waals surface area (Å²) in [5, 5.41) is 2.84. The van der Waals surface area contributed by atoms with Crippen LogP contribution >= 0.6 is 0 Å². The largest absolute Gasteiger partial charge is 0.444 e. The number of amides is 1.